The fourth-order valence-corrected chi connectivity index (χ4v) is 0.592. The van der Waals surface area contributed by atoms with Crippen LogP contribution in [0.3, 0.4) is 0 Å². The summed E-state index contributed by atoms with van der Waals surface area (Å²) in [6.07, 6.45) is -4.34. The van der Waals surface area contributed by atoms with Gasteiger partial charge in [0.15, 0.2) is 0 Å². The molecule has 0 bridgehead atoms. The number of likely N-dealkylation sites (N-methyl/N-ethyl adjacent to an activating group) is 1. The molecule has 7 heteroatoms. The fraction of sp³-hybridized carbons (Fsp3) is 0.833. The van der Waals surface area contributed by atoms with E-state index in [1.807, 2.05) is 5.43 Å². The molecule has 0 rings (SSSR count). The van der Waals surface area contributed by atoms with Crippen molar-refractivity contribution < 1.29 is 18.0 Å². The minimum absolute atomic E-state index is 0.593. The third kappa shape index (κ3) is 5.42. The highest BCUT2D eigenvalue weighted by Gasteiger charge is 2.28. The van der Waals surface area contributed by atoms with E-state index in [4.69, 9.17) is 5.73 Å². The van der Waals surface area contributed by atoms with Crippen LogP contribution < -0.4 is 11.2 Å². The Morgan fingerprint density at radius 3 is 2.38 bits per heavy atom. The average molecular weight is 199 g/mol. The molecule has 0 spiro atoms. The summed E-state index contributed by atoms with van der Waals surface area (Å²) in [6, 6.07) is -0.814. The number of hydrogen-bond donors (Lipinski definition) is 2. The van der Waals surface area contributed by atoms with Crippen LogP contribution in [0.4, 0.5) is 13.2 Å². The molecule has 0 unspecified atom stereocenters. The zero-order valence-corrected chi connectivity index (χ0v) is 7.35. The van der Waals surface area contributed by atoms with Gasteiger partial charge in [-0.05, 0) is 6.92 Å². The van der Waals surface area contributed by atoms with Gasteiger partial charge in [0.05, 0.1) is 6.04 Å². The SMILES string of the molecule is C[C@@H](N)C(=O)N(C)NCC(F)(F)F. The second-order valence-electron chi connectivity index (χ2n) is 2.64. The van der Waals surface area contributed by atoms with E-state index < -0.39 is 24.7 Å². The molecule has 0 aliphatic carbocycles. The van der Waals surface area contributed by atoms with Gasteiger partial charge in [0.25, 0.3) is 5.91 Å². The maximum Gasteiger partial charge on any atom is 0.402 e. The molecular weight excluding hydrogens is 187 g/mol. The number of alkyl halides is 3. The number of nitrogens with one attached hydrogen (secondary N) is 1. The summed E-state index contributed by atoms with van der Waals surface area (Å²) in [7, 11) is 1.19. The third-order valence-electron chi connectivity index (χ3n) is 1.24. The van der Waals surface area contributed by atoms with Crippen LogP contribution >= 0.6 is 0 Å². The molecule has 0 aromatic heterocycles. The van der Waals surface area contributed by atoms with Crippen molar-refractivity contribution in [2.45, 2.75) is 19.1 Å². The van der Waals surface area contributed by atoms with Crippen LogP contribution in [0.2, 0.25) is 0 Å². The van der Waals surface area contributed by atoms with Gasteiger partial charge in [0, 0.05) is 7.05 Å². The van der Waals surface area contributed by atoms with Crippen molar-refractivity contribution in [1.29, 1.82) is 0 Å². The molecule has 78 valence electrons. The maximum absolute atomic E-state index is 11.6. The Bertz CT molecular complexity index is 180. The predicted octanol–water partition coefficient (Wildman–Crippen LogP) is -0.141. The van der Waals surface area contributed by atoms with Crippen LogP contribution in [0.1, 0.15) is 6.92 Å². The van der Waals surface area contributed by atoms with Gasteiger partial charge in [0.1, 0.15) is 6.54 Å². The summed E-state index contributed by atoms with van der Waals surface area (Å²) in [5.74, 6) is -0.593. The first-order chi connectivity index (χ1) is 5.74. The summed E-state index contributed by atoms with van der Waals surface area (Å²) in [6.45, 7) is 0.149. The zero-order chi connectivity index (χ0) is 10.6. The molecule has 0 aromatic rings. The van der Waals surface area contributed by atoms with Gasteiger partial charge in [0.2, 0.25) is 0 Å². The van der Waals surface area contributed by atoms with E-state index in [0.717, 1.165) is 5.01 Å². The van der Waals surface area contributed by atoms with Crippen LogP contribution in [-0.4, -0.2) is 36.7 Å². The average Bonchev–Trinajstić information content (AvgIpc) is 1.97. The number of halogens is 3. The van der Waals surface area contributed by atoms with Crippen molar-refractivity contribution in [3.63, 3.8) is 0 Å². The van der Waals surface area contributed by atoms with Crippen molar-refractivity contribution in [1.82, 2.24) is 10.4 Å². The van der Waals surface area contributed by atoms with E-state index >= 15 is 0 Å². The van der Waals surface area contributed by atoms with Crippen LogP contribution in [0.15, 0.2) is 0 Å². The van der Waals surface area contributed by atoms with Crippen molar-refractivity contribution in [3.8, 4) is 0 Å². The Hall–Kier alpha value is -0.820. The fourth-order valence-electron chi connectivity index (χ4n) is 0.592. The zero-order valence-electron chi connectivity index (χ0n) is 7.35. The van der Waals surface area contributed by atoms with Gasteiger partial charge in [-0.2, -0.15) is 13.2 Å². The molecule has 0 saturated heterocycles. The lowest BCUT2D eigenvalue weighted by molar-refractivity contribution is -0.146. The number of nitrogens with zero attached hydrogens (tertiary/aromatic N) is 1. The molecule has 0 aliphatic rings. The highest BCUT2D eigenvalue weighted by atomic mass is 19.4. The molecule has 13 heavy (non-hydrogen) atoms. The van der Waals surface area contributed by atoms with Crippen molar-refractivity contribution in [2.24, 2.45) is 5.73 Å². The van der Waals surface area contributed by atoms with E-state index in [9.17, 15) is 18.0 Å². The lowest BCUT2D eigenvalue weighted by Gasteiger charge is -2.20. The highest BCUT2D eigenvalue weighted by molar-refractivity contribution is 5.80. The number of rotatable bonds is 3. The minimum Gasteiger partial charge on any atom is -0.320 e. The molecule has 0 saturated carbocycles. The monoisotopic (exact) mass is 199 g/mol. The molecule has 4 nitrogen and oxygen atoms in total. The number of hydrazine groups is 1. The molecule has 3 N–H and O–H groups in total. The minimum atomic E-state index is -4.34. The second kappa shape index (κ2) is 4.43. The Labute approximate surface area is 73.8 Å². The van der Waals surface area contributed by atoms with Crippen molar-refractivity contribution in [3.05, 3.63) is 0 Å². The number of carbonyl (C=O) groups excluding carboxylic acids is 1. The maximum atomic E-state index is 11.6. The van der Waals surface area contributed by atoms with E-state index in [1.54, 1.807) is 0 Å². The van der Waals surface area contributed by atoms with Crippen LogP contribution in [0, 0.1) is 0 Å². The quantitative estimate of drug-likeness (QED) is 0.622. The normalized spacial score (nSPS) is 14.0. The van der Waals surface area contributed by atoms with E-state index in [2.05, 4.69) is 0 Å². The van der Waals surface area contributed by atoms with Gasteiger partial charge in [-0.1, -0.05) is 0 Å². The first-order valence-corrected chi connectivity index (χ1v) is 3.57. The molecule has 0 aliphatic heterocycles. The molecule has 0 radical (unpaired) electrons. The Morgan fingerprint density at radius 1 is 1.62 bits per heavy atom. The first kappa shape index (κ1) is 12.2. The number of nitrogens with two attached hydrogens (primary N) is 1. The summed E-state index contributed by atoms with van der Waals surface area (Å²) in [4.78, 5) is 10.9. The van der Waals surface area contributed by atoms with Gasteiger partial charge in [-0.3, -0.25) is 9.80 Å². The largest absolute Gasteiger partial charge is 0.402 e. The van der Waals surface area contributed by atoms with Crippen molar-refractivity contribution >= 4 is 5.91 Å². The number of amides is 1. The summed E-state index contributed by atoms with van der Waals surface area (Å²) in [5, 5.41) is 0.734. The van der Waals surface area contributed by atoms with Gasteiger partial charge in [-0.15, -0.1) is 0 Å². The standard InChI is InChI=1S/C6H12F3N3O/c1-4(10)5(13)12(2)11-3-6(7,8)9/h4,11H,3,10H2,1-2H3/t4-/m1/s1. The van der Waals surface area contributed by atoms with Crippen LogP contribution in [0.5, 0.6) is 0 Å². The lowest BCUT2D eigenvalue weighted by Crippen LogP contribution is -2.49. The van der Waals surface area contributed by atoms with Crippen LogP contribution in [-0.2, 0) is 4.79 Å². The summed E-state index contributed by atoms with van der Waals surface area (Å²) < 4.78 is 34.9. The predicted molar refractivity (Wildman–Crippen MR) is 40.5 cm³/mol. The van der Waals surface area contributed by atoms with Crippen LogP contribution in [0.25, 0.3) is 0 Å². The van der Waals surface area contributed by atoms with Crippen molar-refractivity contribution in [2.75, 3.05) is 13.6 Å². The van der Waals surface area contributed by atoms with E-state index in [0.29, 0.717) is 0 Å². The molecule has 1 atom stereocenters. The van der Waals surface area contributed by atoms with Gasteiger partial charge in [-0.25, -0.2) is 5.43 Å². The first-order valence-electron chi connectivity index (χ1n) is 3.57. The molecule has 0 fully saturated rings. The van der Waals surface area contributed by atoms with Gasteiger partial charge < -0.3 is 5.73 Å². The molecule has 0 aromatic carbocycles. The lowest BCUT2D eigenvalue weighted by atomic mass is 10.3. The topological polar surface area (TPSA) is 58.4 Å². The molecule has 0 heterocycles. The second-order valence-corrected chi connectivity index (χ2v) is 2.64. The number of hydrogen-bond acceptors (Lipinski definition) is 3. The highest BCUT2D eigenvalue weighted by Crippen LogP contribution is 2.12. The Balaban J connectivity index is 3.88. The molecule has 1 amide bonds. The molecular formula is C6H12F3N3O. The van der Waals surface area contributed by atoms with E-state index in [-0.39, 0.29) is 0 Å². The summed E-state index contributed by atoms with van der Waals surface area (Å²) >= 11 is 0. The van der Waals surface area contributed by atoms with Gasteiger partial charge >= 0.3 is 6.18 Å². The Morgan fingerprint density at radius 2 is 2.08 bits per heavy atom. The summed E-state index contributed by atoms with van der Waals surface area (Å²) in [5.41, 5.74) is 7.05. The Kier molecular flexibility index (Phi) is 4.15. The van der Waals surface area contributed by atoms with E-state index in [1.165, 1.54) is 14.0 Å². The smallest absolute Gasteiger partial charge is 0.320 e. The number of carbonyl (C=O) groups is 1. The third-order valence-corrected chi connectivity index (χ3v) is 1.24.